The van der Waals surface area contributed by atoms with Crippen LogP contribution in [0.3, 0.4) is 0 Å². The molecule has 2 rings (SSSR count). The predicted molar refractivity (Wildman–Crippen MR) is 110 cm³/mol. The van der Waals surface area contributed by atoms with E-state index < -0.39 is 38.8 Å². The van der Waals surface area contributed by atoms with E-state index >= 15 is 0 Å². The SMILES string of the molecule is COP(=O)(/C=C(\C)[C@@H]1CN(P(=O)(OC)N(C)C)C[C@H](n2ccc(=O)[nH]c2=O)O1)OC. The maximum atomic E-state index is 13.4. The van der Waals surface area contributed by atoms with Crippen LogP contribution in [0.25, 0.3) is 0 Å². The maximum Gasteiger partial charge on any atom is 0.353 e. The third-order valence-corrected chi connectivity index (χ3v) is 8.98. The Hall–Kier alpha value is -1.36. The molecule has 1 fully saturated rings. The molecule has 170 valence electrons. The van der Waals surface area contributed by atoms with E-state index in [2.05, 4.69) is 4.98 Å². The minimum absolute atomic E-state index is 0.0469. The zero-order chi connectivity index (χ0) is 22.7. The highest BCUT2D eigenvalue weighted by molar-refractivity contribution is 7.57. The summed E-state index contributed by atoms with van der Waals surface area (Å²) < 4.78 is 51.4. The number of rotatable bonds is 8. The van der Waals surface area contributed by atoms with E-state index in [1.54, 1.807) is 25.7 Å². The van der Waals surface area contributed by atoms with Gasteiger partial charge < -0.3 is 18.3 Å². The van der Waals surface area contributed by atoms with Crippen molar-refractivity contribution < 1.29 is 27.4 Å². The van der Waals surface area contributed by atoms with Crippen LogP contribution < -0.4 is 11.2 Å². The Kier molecular flexibility index (Phi) is 8.17. The number of ether oxygens (including phenoxy) is 1. The lowest BCUT2D eigenvalue weighted by Gasteiger charge is -2.42. The van der Waals surface area contributed by atoms with Gasteiger partial charge in [0.2, 0.25) is 0 Å². The average molecular weight is 466 g/mol. The normalized spacial score (nSPS) is 23.5. The van der Waals surface area contributed by atoms with E-state index in [0.717, 1.165) is 0 Å². The van der Waals surface area contributed by atoms with Gasteiger partial charge in [-0.3, -0.25) is 23.5 Å². The quantitative estimate of drug-likeness (QED) is 0.561. The molecule has 0 aliphatic carbocycles. The Balaban J connectivity index is 2.51. The standard InChI is InChI=1S/C16H28N4O8P2/c1-12(11-29(23,25-4)26-5)13-9-19(30(24,27-6)18(2)3)10-15(28-13)20-8-7-14(21)17-16(20)22/h7-8,11,13,15H,9-10H2,1-6H3,(H,17,21,22)/b12-11+/t13-,15+,30?/m0/s1. The molecule has 0 saturated carbocycles. The lowest BCUT2D eigenvalue weighted by atomic mass is 10.1. The number of hydrogen-bond donors (Lipinski definition) is 1. The van der Waals surface area contributed by atoms with Crippen LogP contribution in [0.2, 0.25) is 0 Å². The van der Waals surface area contributed by atoms with Gasteiger partial charge in [-0.05, 0) is 26.6 Å². The molecule has 0 bridgehead atoms. The minimum Gasteiger partial charge on any atom is -0.348 e. The molecule has 1 N–H and O–H groups in total. The highest BCUT2D eigenvalue weighted by Crippen LogP contribution is 2.54. The van der Waals surface area contributed by atoms with Crippen LogP contribution in [0.15, 0.2) is 33.2 Å². The first kappa shape index (κ1) is 24.9. The number of morpholine rings is 1. The fourth-order valence-corrected chi connectivity index (χ4v) is 5.82. The van der Waals surface area contributed by atoms with Crippen molar-refractivity contribution in [3.05, 3.63) is 44.5 Å². The second-order valence-corrected chi connectivity index (χ2v) is 11.5. The number of nitrogens with one attached hydrogen (secondary N) is 1. The van der Waals surface area contributed by atoms with E-state index in [-0.39, 0.29) is 13.1 Å². The lowest BCUT2D eigenvalue weighted by molar-refractivity contribution is -0.0913. The third-order valence-electron chi connectivity index (χ3n) is 4.71. The Labute approximate surface area is 174 Å². The number of nitrogens with zero attached hydrogens (tertiary/aromatic N) is 3. The summed E-state index contributed by atoms with van der Waals surface area (Å²) in [5.74, 6) is 1.32. The zero-order valence-corrected chi connectivity index (χ0v) is 19.6. The summed E-state index contributed by atoms with van der Waals surface area (Å²) in [6.07, 6.45) is -0.317. The van der Waals surface area contributed by atoms with Crippen molar-refractivity contribution in [3.63, 3.8) is 0 Å². The van der Waals surface area contributed by atoms with E-state index in [1.807, 2.05) is 0 Å². The second kappa shape index (κ2) is 9.84. The molecule has 2 heterocycles. The van der Waals surface area contributed by atoms with Gasteiger partial charge in [0.25, 0.3) is 5.56 Å². The van der Waals surface area contributed by atoms with E-state index in [9.17, 15) is 18.7 Å². The van der Waals surface area contributed by atoms with Gasteiger partial charge in [0, 0.05) is 46.0 Å². The fourth-order valence-electron chi connectivity index (χ4n) is 3.03. The number of aromatic nitrogens is 2. The van der Waals surface area contributed by atoms with E-state index in [4.69, 9.17) is 18.3 Å². The molecule has 30 heavy (non-hydrogen) atoms. The van der Waals surface area contributed by atoms with Crippen molar-refractivity contribution in [2.24, 2.45) is 0 Å². The summed E-state index contributed by atoms with van der Waals surface area (Å²) in [4.78, 5) is 25.9. The van der Waals surface area contributed by atoms with Crippen molar-refractivity contribution in [3.8, 4) is 0 Å². The molecular weight excluding hydrogens is 438 g/mol. The minimum atomic E-state index is -3.49. The van der Waals surface area contributed by atoms with Crippen LogP contribution in [0.4, 0.5) is 0 Å². The second-order valence-electron chi connectivity index (χ2n) is 6.77. The molecule has 1 saturated heterocycles. The Bertz CT molecular complexity index is 980. The molecule has 1 unspecified atom stereocenters. The molecule has 3 atom stereocenters. The smallest absolute Gasteiger partial charge is 0.348 e. The first-order valence-corrected chi connectivity index (χ1v) is 12.1. The molecule has 1 aromatic rings. The average Bonchev–Trinajstić information content (AvgIpc) is 2.72. The topological polar surface area (TPSA) is 132 Å². The van der Waals surface area contributed by atoms with Crippen LogP contribution >= 0.6 is 15.3 Å². The highest BCUT2D eigenvalue weighted by atomic mass is 31.2. The van der Waals surface area contributed by atoms with Gasteiger partial charge in [-0.25, -0.2) is 14.1 Å². The van der Waals surface area contributed by atoms with Gasteiger partial charge in [-0.1, -0.05) is 0 Å². The van der Waals surface area contributed by atoms with Gasteiger partial charge in [-0.2, -0.15) is 0 Å². The number of aromatic amines is 1. The molecule has 0 spiro atoms. The van der Waals surface area contributed by atoms with Crippen molar-refractivity contribution in [2.75, 3.05) is 48.5 Å². The molecule has 14 heteroatoms. The van der Waals surface area contributed by atoms with Crippen molar-refractivity contribution in [2.45, 2.75) is 19.3 Å². The molecule has 12 nitrogen and oxygen atoms in total. The zero-order valence-electron chi connectivity index (χ0n) is 17.8. The van der Waals surface area contributed by atoms with Crippen LogP contribution in [-0.4, -0.2) is 73.5 Å². The molecular formula is C16H28N4O8P2. The first-order chi connectivity index (χ1) is 14.0. The molecule has 0 radical (unpaired) electrons. The summed E-state index contributed by atoms with van der Waals surface area (Å²) in [5.41, 5.74) is -0.726. The third kappa shape index (κ3) is 5.27. The largest absolute Gasteiger partial charge is 0.353 e. The maximum absolute atomic E-state index is 13.4. The Morgan fingerprint density at radius 2 is 1.83 bits per heavy atom. The molecule has 0 aromatic carbocycles. The van der Waals surface area contributed by atoms with Gasteiger partial charge in [-0.15, -0.1) is 0 Å². The van der Waals surface area contributed by atoms with Gasteiger partial charge in [0.05, 0.1) is 12.6 Å². The van der Waals surface area contributed by atoms with Gasteiger partial charge >= 0.3 is 21.0 Å². The van der Waals surface area contributed by atoms with Gasteiger partial charge in [0.15, 0.2) is 6.23 Å². The predicted octanol–water partition coefficient (Wildman–Crippen LogP) is 1.44. The molecule has 1 aromatic heterocycles. The van der Waals surface area contributed by atoms with E-state index in [1.165, 1.54) is 48.6 Å². The monoisotopic (exact) mass is 466 g/mol. The molecule has 1 aliphatic heterocycles. The Morgan fingerprint density at radius 3 is 2.33 bits per heavy atom. The molecule has 0 amide bonds. The number of H-pyrrole nitrogens is 1. The van der Waals surface area contributed by atoms with Crippen LogP contribution in [-0.2, 0) is 27.4 Å². The first-order valence-electron chi connectivity index (χ1n) is 8.96. The fraction of sp³-hybridized carbons (Fsp3) is 0.625. The van der Waals surface area contributed by atoms with Crippen LogP contribution in [0, 0.1) is 0 Å². The number of hydrogen-bond acceptors (Lipinski definition) is 8. The van der Waals surface area contributed by atoms with E-state index in [0.29, 0.717) is 5.57 Å². The van der Waals surface area contributed by atoms with Crippen molar-refractivity contribution >= 4 is 15.3 Å². The van der Waals surface area contributed by atoms with Crippen LogP contribution in [0.1, 0.15) is 13.2 Å². The van der Waals surface area contributed by atoms with Gasteiger partial charge in [0.1, 0.15) is 0 Å². The van der Waals surface area contributed by atoms with Crippen LogP contribution in [0.5, 0.6) is 0 Å². The summed E-state index contributed by atoms with van der Waals surface area (Å²) in [6.45, 7) is 1.85. The Morgan fingerprint density at radius 1 is 1.20 bits per heavy atom. The lowest BCUT2D eigenvalue weighted by Crippen LogP contribution is -2.48. The summed E-state index contributed by atoms with van der Waals surface area (Å²) in [5, 5.41) is 0. The summed E-state index contributed by atoms with van der Waals surface area (Å²) >= 11 is 0. The molecule has 1 aliphatic rings. The summed E-state index contributed by atoms with van der Waals surface area (Å²) in [7, 11) is 0.163. The van der Waals surface area contributed by atoms with Crippen molar-refractivity contribution in [1.29, 1.82) is 0 Å². The summed E-state index contributed by atoms with van der Waals surface area (Å²) in [6, 6.07) is 1.19. The highest BCUT2D eigenvalue weighted by Gasteiger charge is 2.42. The van der Waals surface area contributed by atoms with Crippen molar-refractivity contribution in [1.82, 2.24) is 18.9 Å².